The third-order valence-corrected chi connectivity index (χ3v) is 6.61. The first-order valence-corrected chi connectivity index (χ1v) is 11.8. The minimum atomic E-state index is -0.0578. The number of nitrogens with one attached hydrogen (secondary N) is 1. The molecule has 0 bridgehead atoms. The van der Waals surface area contributed by atoms with Crippen LogP contribution >= 0.6 is 0 Å². The molecular formula is C29H29N3O. The number of carbonyl (C=O) groups excluding carboxylic acids is 1. The summed E-state index contributed by atoms with van der Waals surface area (Å²) < 4.78 is 2.35. The first-order chi connectivity index (χ1) is 16.2. The number of nitrogens with zero attached hydrogens (tertiary/aromatic N) is 2. The summed E-state index contributed by atoms with van der Waals surface area (Å²) in [7, 11) is 0. The number of hydrogen-bond donors (Lipinski definition) is 1. The zero-order valence-corrected chi connectivity index (χ0v) is 19.1. The van der Waals surface area contributed by atoms with Crippen molar-refractivity contribution in [2.75, 3.05) is 0 Å². The van der Waals surface area contributed by atoms with Crippen LogP contribution in [0.15, 0.2) is 84.0 Å². The SMILES string of the molecule is C/C(=N/NC(=O)CCn1c2c(c3ccccc31)CCCC2)c1ccc(-c2ccccc2)cc1. The van der Waals surface area contributed by atoms with Gasteiger partial charge in [-0.3, -0.25) is 4.79 Å². The van der Waals surface area contributed by atoms with Gasteiger partial charge < -0.3 is 4.57 Å². The van der Waals surface area contributed by atoms with Crippen molar-refractivity contribution in [2.24, 2.45) is 5.10 Å². The Hall–Kier alpha value is -3.66. The van der Waals surface area contributed by atoms with Gasteiger partial charge in [0.05, 0.1) is 5.71 Å². The van der Waals surface area contributed by atoms with Gasteiger partial charge in [0, 0.05) is 29.6 Å². The quantitative estimate of drug-likeness (QED) is 0.288. The van der Waals surface area contributed by atoms with Crippen LogP contribution in [0.5, 0.6) is 0 Å². The summed E-state index contributed by atoms with van der Waals surface area (Å²) in [6.07, 6.45) is 5.13. The molecule has 4 heteroatoms. The molecule has 4 aromatic rings. The molecule has 0 radical (unpaired) electrons. The van der Waals surface area contributed by atoms with Crippen LogP contribution in [0.25, 0.3) is 22.0 Å². The number of carbonyl (C=O) groups is 1. The Morgan fingerprint density at radius 1 is 0.879 bits per heavy atom. The van der Waals surface area contributed by atoms with Gasteiger partial charge in [0.1, 0.15) is 0 Å². The fraction of sp³-hybridized carbons (Fsp3) is 0.241. The van der Waals surface area contributed by atoms with E-state index in [9.17, 15) is 4.79 Å². The number of hydrazone groups is 1. The van der Waals surface area contributed by atoms with Gasteiger partial charge in [-0.25, -0.2) is 5.43 Å². The standard InChI is InChI=1S/C29H29N3O/c1-21(22-15-17-24(18-16-22)23-9-3-2-4-10-23)30-31-29(33)19-20-32-27-13-7-5-11-25(27)26-12-6-8-14-28(26)32/h2-5,7,9-11,13,15-18H,6,8,12,14,19-20H2,1H3,(H,31,33)/b30-21-. The van der Waals surface area contributed by atoms with Gasteiger partial charge in [0.15, 0.2) is 0 Å². The summed E-state index contributed by atoms with van der Waals surface area (Å²) in [5.74, 6) is -0.0578. The molecule has 1 aromatic heterocycles. The summed E-state index contributed by atoms with van der Waals surface area (Å²) >= 11 is 0. The maximum Gasteiger partial charge on any atom is 0.241 e. The molecule has 4 nitrogen and oxygen atoms in total. The normalized spacial score (nSPS) is 13.7. The lowest BCUT2D eigenvalue weighted by Crippen LogP contribution is -2.21. The largest absolute Gasteiger partial charge is 0.344 e. The highest BCUT2D eigenvalue weighted by molar-refractivity contribution is 5.99. The first kappa shape index (κ1) is 21.2. The summed E-state index contributed by atoms with van der Waals surface area (Å²) in [6.45, 7) is 2.61. The lowest BCUT2D eigenvalue weighted by atomic mass is 9.95. The minimum absolute atomic E-state index is 0.0578. The van der Waals surface area contributed by atoms with Gasteiger partial charge >= 0.3 is 0 Å². The second-order valence-electron chi connectivity index (χ2n) is 8.73. The molecule has 0 fully saturated rings. The Kier molecular flexibility index (Phi) is 6.07. The van der Waals surface area contributed by atoms with Gasteiger partial charge in [0.2, 0.25) is 5.91 Å². The predicted octanol–water partition coefficient (Wildman–Crippen LogP) is 6.12. The highest BCUT2D eigenvalue weighted by atomic mass is 16.2. The molecule has 0 atom stereocenters. The maximum atomic E-state index is 12.6. The molecule has 0 spiro atoms. The van der Waals surface area contributed by atoms with Crippen molar-refractivity contribution in [2.45, 2.75) is 45.6 Å². The molecule has 5 rings (SSSR count). The smallest absolute Gasteiger partial charge is 0.241 e. The van der Waals surface area contributed by atoms with Crippen LogP contribution in [0.1, 0.15) is 43.0 Å². The van der Waals surface area contributed by atoms with E-state index >= 15 is 0 Å². The second kappa shape index (κ2) is 9.45. The lowest BCUT2D eigenvalue weighted by molar-refractivity contribution is -0.121. The monoisotopic (exact) mass is 435 g/mol. The highest BCUT2D eigenvalue weighted by Gasteiger charge is 2.19. The minimum Gasteiger partial charge on any atom is -0.344 e. The average Bonchev–Trinajstić information content (AvgIpc) is 3.20. The van der Waals surface area contributed by atoms with E-state index in [4.69, 9.17) is 0 Å². The van der Waals surface area contributed by atoms with Crippen LogP contribution < -0.4 is 5.43 Å². The molecular weight excluding hydrogens is 406 g/mol. The van der Waals surface area contributed by atoms with Gasteiger partial charge in [0.25, 0.3) is 0 Å². The molecule has 1 heterocycles. The first-order valence-electron chi connectivity index (χ1n) is 11.8. The number of amides is 1. The van der Waals surface area contributed by atoms with E-state index in [-0.39, 0.29) is 5.91 Å². The number of rotatable bonds is 6. The Morgan fingerprint density at radius 2 is 1.58 bits per heavy atom. The molecule has 33 heavy (non-hydrogen) atoms. The van der Waals surface area contributed by atoms with Crippen molar-refractivity contribution >= 4 is 22.5 Å². The van der Waals surface area contributed by atoms with E-state index in [2.05, 4.69) is 63.6 Å². The molecule has 1 amide bonds. The number of fused-ring (bicyclic) bond motifs is 3. The van der Waals surface area contributed by atoms with Crippen molar-refractivity contribution in [1.29, 1.82) is 0 Å². The van der Waals surface area contributed by atoms with Crippen molar-refractivity contribution < 1.29 is 4.79 Å². The maximum absolute atomic E-state index is 12.6. The average molecular weight is 436 g/mol. The van der Waals surface area contributed by atoms with Crippen molar-refractivity contribution in [1.82, 2.24) is 9.99 Å². The van der Waals surface area contributed by atoms with Gasteiger partial charge in [-0.2, -0.15) is 5.10 Å². The van der Waals surface area contributed by atoms with Crippen molar-refractivity contribution in [3.8, 4) is 11.1 Å². The summed E-state index contributed by atoms with van der Waals surface area (Å²) in [4.78, 5) is 12.6. The Labute approximate surface area is 195 Å². The van der Waals surface area contributed by atoms with Crippen LogP contribution in [-0.2, 0) is 24.2 Å². The van der Waals surface area contributed by atoms with E-state index in [0.717, 1.165) is 24.1 Å². The number of hydrogen-bond acceptors (Lipinski definition) is 2. The fourth-order valence-electron chi connectivity index (χ4n) is 4.86. The van der Waals surface area contributed by atoms with Gasteiger partial charge in [-0.05, 0) is 60.9 Å². The zero-order valence-electron chi connectivity index (χ0n) is 19.1. The Bertz CT molecular complexity index is 1300. The lowest BCUT2D eigenvalue weighted by Gasteiger charge is -2.15. The summed E-state index contributed by atoms with van der Waals surface area (Å²) in [6, 6.07) is 27.1. The van der Waals surface area contributed by atoms with Crippen LogP contribution in [0.4, 0.5) is 0 Å². The van der Waals surface area contributed by atoms with E-state index in [1.54, 1.807) is 0 Å². The predicted molar refractivity (Wildman–Crippen MR) is 135 cm³/mol. The van der Waals surface area contributed by atoms with Crippen LogP contribution in [0.3, 0.4) is 0 Å². The number of aromatic nitrogens is 1. The van der Waals surface area contributed by atoms with Crippen molar-refractivity contribution in [3.05, 3.63) is 95.7 Å². The molecule has 0 saturated heterocycles. The number of benzene rings is 3. The van der Waals surface area contributed by atoms with Crippen molar-refractivity contribution in [3.63, 3.8) is 0 Å². The molecule has 0 aliphatic heterocycles. The third kappa shape index (κ3) is 4.47. The van der Waals surface area contributed by atoms with E-state index in [0.29, 0.717) is 13.0 Å². The Balaban J connectivity index is 1.24. The zero-order chi connectivity index (χ0) is 22.6. The van der Waals surface area contributed by atoms with Crippen LogP contribution in [-0.4, -0.2) is 16.2 Å². The second-order valence-corrected chi connectivity index (χ2v) is 8.73. The third-order valence-electron chi connectivity index (χ3n) is 6.61. The number of para-hydroxylation sites is 1. The summed E-state index contributed by atoms with van der Waals surface area (Å²) in [5, 5.41) is 5.70. The molecule has 166 valence electrons. The molecule has 1 aliphatic rings. The van der Waals surface area contributed by atoms with Gasteiger partial charge in [-0.15, -0.1) is 0 Å². The summed E-state index contributed by atoms with van der Waals surface area (Å²) in [5.41, 5.74) is 11.0. The van der Waals surface area contributed by atoms with Crippen LogP contribution in [0, 0.1) is 0 Å². The molecule has 1 aliphatic carbocycles. The van der Waals surface area contributed by atoms with E-state index < -0.39 is 0 Å². The molecule has 0 saturated carbocycles. The topological polar surface area (TPSA) is 46.4 Å². The molecule has 1 N–H and O–H groups in total. The highest BCUT2D eigenvalue weighted by Crippen LogP contribution is 2.32. The number of aryl methyl sites for hydroxylation is 2. The van der Waals surface area contributed by atoms with E-state index in [1.165, 1.54) is 46.1 Å². The molecule has 0 unspecified atom stereocenters. The molecule has 3 aromatic carbocycles. The van der Waals surface area contributed by atoms with E-state index in [1.807, 2.05) is 37.3 Å². The fourth-order valence-corrected chi connectivity index (χ4v) is 4.86. The Morgan fingerprint density at radius 3 is 2.39 bits per heavy atom. The van der Waals surface area contributed by atoms with Gasteiger partial charge in [-0.1, -0.05) is 72.8 Å². The van der Waals surface area contributed by atoms with Crippen LogP contribution in [0.2, 0.25) is 0 Å².